The van der Waals surface area contributed by atoms with Crippen molar-refractivity contribution in [2.24, 2.45) is 0 Å². The van der Waals surface area contributed by atoms with Crippen LogP contribution >= 0.6 is 15.9 Å². The fourth-order valence-corrected chi connectivity index (χ4v) is 2.75. The van der Waals surface area contributed by atoms with Gasteiger partial charge in [-0.3, -0.25) is 4.79 Å². The number of nitrogens with one attached hydrogen (secondary N) is 2. The normalized spacial score (nSPS) is 28.7. The van der Waals surface area contributed by atoms with Gasteiger partial charge in [0.05, 0.1) is 11.9 Å². The van der Waals surface area contributed by atoms with Gasteiger partial charge in [0.1, 0.15) is 4.47 Å². The lowest BCUT2D eigenvalue weighted by Crippen LogP contribution is -2.67. The number of rotatable bonds is 1. The zero-order chi connectivity index (χ0) is 10.4. The Balaban J connectivity index is 1.92. The third kappa shape index (κ3) is 1.48. The van der Waals surface area contributed by atoms with Crippen LogP contribution in [-0.4, -0.2) is 35.4 Å². The van der Waals surface area contributed by atoms with E-state index in [1.54, 1.807) is 6.20 Å². The SMILES string of the molecule is O=c1[nH]ncc(N2CC3CC(C2)N3)c1Br. The van der Waals surface area contributed by atoms with E-state index in [1.807, 2.05) is 0 Å². The summed E-state index contributed by atoms with van der Waals surface area (Å²) in [7, 11) is 0. The lowest BCUT2D eigenvalue weighted by molar-refractivity contribution is 0.225. The molecule has 6 heteroatoms. The van der Waals surface area contributed by atoms with Crippen LogP contribution in [-0.2, 0) is 0 Å². The second kappa shape index (κ2) is 3.31. The number of hydrogen-bond acceptors (Lipinski definition) is 4. The van der Waals surface area contributed by atoms with Crippen LogP contribution in [0.1, 0.15) is 6.42 Å². The molecule has 0 radical (unpaired) electrons. The minimum atomic E-state index is -0.167. The predicted octanol–water partition coefficient (Wildman–Crippen LogP) is 0.0829. The van der Waals surface area contributed by atoms with Crippen LogP contribution in [0.3, 0.4) is 0 Å². The van der Waals surface area contributed by atoms with Gasteiger partial charge in [-0.2, -0.15) is 5.10 Å². The maximum atomic E-state index is 11.4. The van der Waals surface area contributed by atoms with Crippen LogP contribution in [0.25, 0.3) is 0 Å². The molecule has 2 N–H and O–H groups in total. The molecule has 80 valence electrons. The molecule has 4 heterocycles. The molecule has 1 aromatic heterocycles. The number of nitrogens with zero attached hydrogens (tertiary/aromatic N) is 2. The van der Waals surface area contributed by atoms with Gasteiger partial charge >= 0.3 is 0 Å². The highest BCUT2D eigenvalue weighted by atomic mass is 79.9. The van der Waals surface area contributed by atoms with Gasteiger partial charge in [0.2, 0.25) is 0 Å². The fraction of sp³-hybridized carbons (Fsp3) is 0.556. The Bertz CT molecular complexity index is 430. The highest BCUT2D eigenvalue weighted by Gasteiger charge is 2.37. The van der Waals surface area contributed by atoms with E-state index in [0.29, 0.717) is 16.6 Å². The number of aromatic amines is 1. The van der Waals surface area contributed by atoms with Crippen LogP contribution < -0.4 is 15.8 Å². The van der Waals surface area contributed by atoms with Gasteiger partial charge in [0.25, 0.3) is 5.56 Å². The van der Waals surface area contributed by atoms with Gasteiger partial charge in [-0.25, -0.2) is 5.10 Å². The molecule has 3 aliphatic heterocycles. The van der Waals surface area contributed by atoms with E-state index in [2.05, 4.69) is 36.3 Å². The van der Waals surface area contributed by atoms with E-state index >= 15 is 0 Å². The Morgan fingerprint density at radius 1 is 1.47 bits per heavy atom. The first kappa shape index (κ1) is 9.35. The molecule has 0 saturated carbocycles. The Hall–Kier alpha value is -0.880. The number of halogens is 1. The van der Waals surface area contributed by atoms with Gasteiger partial charge in [-0.1, -0.05) is 0 Å². The topological polar surface area (TPSA) is 61.0 Å². The van der Waals surface area contributed by atoms with Crippen molar-refractivity contribution in [2.45, 2.75) is 18.5 Å². The molecule has 15 heavy (non-hydrogen) atoms. The Kier molecular flexibility index (Phi) is 2.07. The number of hydrogen-bond donors (Lipinski definition) is 2. The highest BCUT2D eigenvalue weighted by Crippen LogP contribution is 2.28. The summed E-state index contributed by atoms with van der Waals surface area (Å²) in [5, 5.41) is 9.69. The van der Waals surface area contributed by atoms with Crippen LogP contribution in [0.15, 0.2) is 15.5 Å². The molecule has 3 fully saturated rings. The van der Waals surface area contributed by atoms with E-state index < -0.39 is 0 Å². The minimum Gasteiger partial charge on any atom is -0.366 e. The third-order valence-electron chi connectivity index (χ3n) is 3.04. The molecular weight excluding hydrogens is 260 g/mol. The van der Waals surface area contributed by atoms with Crippen LogP contribution in [0.4, 0.5) is 5.69 Å². The molecule has 0 aliphatic carbocycles. The number of H-pyrrole nitrogens is 1. The molecule has 1 aromatic rings. The lowest BCUT2D eigenvalue weighted by atomic mass is 9.91. The fourth-order valence-electron chi connectivity index (χ4n) is 2.30. The van der Waals surface area contributed by atoms with Crippen molar-refractivity contribution in [1.82, 2.24) is 15.5 Å². The zero-order valence-corrected chi connectivity index (χ0v) is 9.62. The Morgan fingerprint density at radius 2 is 2.13 bits per heavy atom. The monoisotopic (exact) mass is 270 g/mol. The molecule has 2 unspecified atom stereocenters. The largest absolute Gasteiger partial charge is 0.366 e. The van der Waals surface area contributed by atoms with Crippen molar-refractivity contribution >= 4 is 21.6 Å². The number of fused-ring (bicyclic) bond motifs is 2. The molecule has 2 bridgehead atoms. The minimum absolute atomic E-state index is 0.167. The van der Waals surface area contributed by atoms with E-state index in [0.717, 1.165) is 18.8 Å². The maximum Gasteiger partial charge on any atom is 0.280 e. The number of piperazine rings is 1. The number of piperidine rings is 1. The summed E-state index contributed by atoms with van der Waals surface area (Å²) >= 11 is 3.30. The van der Waals surface area contributed by atoms with E-state index in [4.69, 9.17) is 0 Å². The van der Waals surface area contributed by atoms with Gasteiger partial charge in [0.15, 0.2) is 0 Å². The van der Waals surface area contributed by atoms with Crippen LogP contribution in [0, 0.1) is 0 Å². The van der Waals surface area contributed by atoms with Crippen LogP contribution in [0.2, 0.25) is 0 Å². The third-order valence-corrected chi connectivity index (χ3v) is 3.81. The number of anilines is 1. The molecule has 0 amide bonds. The number of aromatic nitrogens is 2. The summed E-state index contributed by atoms with van der Waals surface area (Å²) in [6.45, 7) is 1.92. The summed E-state index contributed by atoms with van der Waals surface area (Å²) in [5.41, 5.74) is 0.731. The van der Waals surface area contributed by atoms with Crippen molar-refractivity contribution in [1.29, 1.82) is 0 Å². The molecular formula is C9H11BrN4O. The smallest absolute Gasteiger partial charge is 0.280 e. The van der Waals surface area contributed by atoms with E-state index in [1.165, 1.54) is 6.42 Å². The first-order valence-corrected chi connectivity index (χ1v) is 5.77. The van der Waals surface area contributed by atoms with Gasteiger partial charge in [-0.05, 0) is 22.4 Å². The summed E-state index contributed by atoms with van der Waals surface area (Å²) in [6, 6.07) is 1.16. The van der Waals surface area contributed by atoms with E-state index in [9.17, 15) is 4.79 Å². The molecule has 0 aromatic carbocycles. The predicted molar refractivity (Wildman–Crippen MR) is 60.1 cm³/mol. The molecule has 4 rings (SSSR count). The molecule has 5 nitrogen and oxygen atoms in total. The van der Waals surface area contributed by atoms with Crippen molar-refractivity contribution in [3.8, 4) is 0 Å². The quantitative estimate of drug-likeness (QED) is 0.759. The van der Waals surface area contributed by atoms with E-state index in [-0.39, 0.29) is 5.56 Å². The maximum absolute atomic E-state index is 11.4. The molecule has 2 atom stereocenters. The summed E-state index contributed by atoms with van der Waals surface area (Å²) in [6.07, 6.45) is 2.96. The average molecular weight is 271 g/mol. The first-order valence-electron chi connectivity index (χ1n) is 4.98. The van der Waals surface area contributed by atoms with Crippen LogP contribution in [0.5, 0.6) is 0 Å². The van der Waals surface area contributed by atoms with Gasteiger partial charge in [0, 0.05) is 25.2 Å². The van der Waals surface area contributed by atoms with Crippen molar-refractivity contribution < 1.29 is 0 Å². The highest BCUT2D eigenvalue weighted by molar-refractivity contribution is 9.10. The average Bonchev–Trinajstić information content (AvgIpc) is 2.21. The van der Waals surface area contributed by atoms with Gasteiger partial charge < -0.3 is 10.2 Å². The second-order valence-electron chi connectivity index (χ2n) is 4.10. The van der Waals surface area contributed by atoms with Crippen molar-refractivity contribution in [2.75, 3.05) is 18.0 Å². The Morgan fingerprint density at radius 3 is 2.80 bits per heavy atom. The van der Waals surface area contributed by atoms with Crippen molar-refractivity contribution in [3.63, 3.8) is 0 Å². The zero-order valence-electron chi connectivity index (χ0n) is 8.03. The Labute approximate surface area is 95.0 Å². The standard InChI is InChI=1S/C9H11BrN4O/c10-8-7(2-11-13-9(8)15)14-3-5-1-6(4-14)12-5/h2,5-6,12H,1,3-4H2,(H,13,15). The molecule has 3 aliphatic rings. The lowest BCUT2D eigenvalue weighted by Gasteiger charge is -2.49. The second-order valence-corrected chi connectivity index (χ2v) is 4.89. The summed E-state index contributed by atoms with van der Waals surface area (Å²) in [5.74, 6) is 0. The summed E-state index contributed by atoms with van der Waals surface area (Å²) in [4.78, 5) is 13.6. The summed E-state index contributed by atoms with van der Waals surface area (Å²) < 4.78 is 0.582. The van der Waals surface area contributed by atoms with Gasteiger partial charge in [-0.15, -0.1) is 0 Å². The first-order chi connectivity index (χ1) is 7.24. The molecule has 3 saturated heterocycles. The van der Waals surface area contributed by atoms with Crippen molar-refractivity contribution in [3.05, 3.63) is 21.0 Å². The molecule has 0 spiro atoms.